The van der Waals surface area contributed by atoms with E-state index < -0.39 is 12.0 Å². The molecule has 0 aliphatic carbocycles. The number of hydrogen-bond donors (Lipinski definition) is 3. The molecule has 0 unspecified atom stereocenters. The lowest BCUT2D eigenvalue weighted by atomic mass is 9.94. The molecular formula is C25H23NO5. The first-order chi connectivity index (χ1) is 14.9. The molecule has 0 spiro atoms. The Morgan fingerprint density at radius 3 is 2.23 bits per heavy atom. The smallest absolute Gasteiger partial charge is 0.320 e. The molecule has 1 atom stereocenters. The van der Waals surface area contributed by atoms with Gasteiger partial charge in [0, 0.05) is 23.1 Å². The average Bonchev–Trinajstić information content (AvgIpc) is 2.78. The Labute approximate surface area is 180 Å². The monoisotopic (exact) mass is 417 g/mol. The number of Topliss-reactive ketones (excluding diaryl/α,β-unsaturated/α-hetero) is 1. The number of hydrogen-bond acceptors (Lipinski definition) is 5. The van der Waals surface area contributed by atoms with Crippen molar-refractivity contribution < 1.29 is 24.6 Å². The van der Waals surface area contributed by atoms with Crippen LogP contribution in [0.5, 0.6) is 5.75 Å². The van der Waals surface area contributed by atoms with Crippen LogP contribution in [0.25, 0.3) is 0 Å². The molecule has 0 saturated heterocycles. The van der Waals surface area contributed by atoms with Crippen molar-refractivity contribution >= 4 is 17.5 Å². The maximum absolute atomic E-state index is 12.8. The van der Waals surface area contributed by atoms with Crippen LogP contribution in [-0.4, -0.2) is 33.8 Å². The van der Waals surface area contributed by atoms with Gasteiger partial charge in [0.05, 0.1) is 0 Å². The van der Waals surface area contributed by atoms with Gasteiger partial charge in [-0.15, -0.1) is 0 Å². The van der Waals surface area contributed by atoms with Crippen molar-refractivity contribution in [3.05, 3.63) is 101 Å². The van der Waals surface area contributed by atoms with Crippen LogP contribution in [0.2, 0.25) is 0 Å². The minimum absolute atomic E-state index is 0.0126. The van der Waals surface area contributed by atoms with Crippen molar-refractivity contribution in [2.24, 2.45) is 5.73 Å². The van der Waals surface area contributed by atoms with Crippen LogP contribution in [0.3, 0.4) is 0 Å². The zero-order valence-corrected chi connectivity index (χ0v) is 16.8. The number of rotatable bonds is 9. The topological polar surface area (TPSA) is 118 Å². The van der Waals surface area contributed by atoms with Crippen molar-refractivity contribution in [1.29, 1.82) is 0 Å². The second kappa shape index (κ2) is 9.82. The van der Waals surface area contributed by atoms with Gasteiger partial charge >= 0.3 is 5.97 Å². The van der Waals surface area contributed by atoms with Crippen LogP contribution in [0.15, 0.2) is 72.8 Å². The first-order valence-electron chi connectivity index (χ1n) is 9.88. The number of phenols is 1. The minimum atomic E-state index is -1.13. The number of carboxylic acid groups (broad SMARTS) is 1. The predicted molar refractivity (Wildman–Crippen MR) is 116 cm³/mol. The van der Waals surface area contributed by atoms with Crippen LogP contribution in [-0.2, 0) is 17.6 Å². The molecule has 0 amide bonds. The van der Waals surface area contributed by atoms with Gasteiger partial charge in [-0.2, -0.15) is 0 Å². The van der Waals surface area contributed by atoms with Gasteiger partial charge < -0.3 is 15.9 Å². The highest BCUT2D eigenvalue weighted by Gasteiger charge is 2.18. The highest BCUT2D eigenvalue weighted by molar-refractivity contribution is 6.09. The van der Waals surface area contributed by atoms with Crippen LogP contribution in [0.1, 0.15) is 43.8 Å². The molecule has 31 heavy (non-hydrogen) atoms. The Kier molecular flexibility index (Phi) is 6.95. The molecule has 4 N–H and O–H groups in total. The zero-order chi connectivity index (χ0) is 22.4. The number of nitrogens with two attached hydrogens (primary N) is 1. The molecule has 6 nitrogen and oxygen atoms in total. The first kappa shape index (κ1) is 21.9. The number of aromatic hydroxyl groups is 1. The van der Waals surface area contributed by atoms with E-state index in [1.165, 1.54) is 6.07 Å². The Balaban J connectivity index is 1.75. The lowest BCUT2D eigenvalue weighted by Gasteiger charge is -2.12. The van der Waals surface area contributed by atoms with Gasteiger partial charge in [-0.05, 0) is 42.2 Å². The summed E-state index contributed by atoms with van der Waals surface area (Å²) in [5.74, 6) is -1.47. The highest BCUT2D eigenvalue weighted by atomic mass is 16.4. The fourth-order valence-electron chi connectivity index (χ4n) is 3.36. The lowest BCUT2D eigenvalue weighted by molar-refractivity contribution is -0.138. The molecule has 158 valence electrons. The number of carbonyl (C=O) groups is 3. The minimum Gasteiger partial charge on any atom is -0.508 e. The SMILES string of the molecule is N[C@@H](Cc1ccccc1C(=O)CCc1cc(C(=O)c2ccccc2)ccc1O)C(=O)O. The standard InChI is InChI=1S/C25H23NO5/c26-21(25(30)31)15-17-8-4-5-9-20(17)23(28)13-10-18-14-19(11-12-22(18)27)24(29)16-6-2-1-3-7-16/h1-9,11-12,14,21,27H,10,13,15,26H2,(H,30,31)/t21-/m0/s1. The molecule has 3 aromatic carbocycles. The summed E-state index contributed by atoms with van der Waals surface area (Å²) in [4.78, 5) is 36.5. The van der Waals surface area contributed by atoms with Crippen LogP contribution in [0.4, 0.5) is 0 Å². The van der Waals surface area contributed by atoms with Gasteiger partial charge in [-0.25, -0.2) is 0 Å². The summed E-state index contributed by atoms with van der Waals surface area (Å²) in [7, 11) is 0. The van der Waals surface area contributed by atoms with Gasteiger partial charge in [0.2, 0.25) is 0 Å². The van der Waals surface area contributed by atoms with E-state index in [0.717, 1.165) is 0 Å². The molecule has 0 aliphatic rings. The van der Waals surface area contributed by atoms with Crippen LogP contribution in [0, 0.1) is 0 Å². The van der Waals surface area contributed by atoms with Crippen molar-refractivity contribution in [3.8, 4) is 5.75 Å². The summed E-state index contributed by atoms with van der Waals surface area (Å²) in [6.45, 7) is 0. The molecule has 0 aromatic heterocycles. The fourth-order valence-corrected chi connectivity index (χ4v) is 3.36. The molecule has 0 heterocycles. The number of ketones is 2. The van der Waals surface area contributed by atoms with Gasteiger partial charge in [-0.1, -0.05) is 54.6 Å². The molecule has 0 fully saturated rings. The predicted octanol–water partition coefficient (Wildman–Crippen LogP) is 3.39. The van der Waals surface area contributed by atoms with E-state index in [1.807, 2.05) is 6.07 Å². The summed E-state index contributed by atoms with van der Waals surface area (Å²) in [6.07, 6.45) is 0.374. The Hall–Kier alpha value is -3.77. The maximum Gasteiger partial charge on any atom is 0.320 e. The molecule has 0 saturated carbocycles. The normalized spacial score (nSPS) is 11.6. The number of aryl methyl sites for hydroxylation is 1. The second-order valence-corrected chi connectivity index (χ2v) is 7.27. The molecular weight excluding hydrogens is 394 g/mol. The van der Waals surface area contributed by atoms with Gasteiger partial charge in [0.25, 0.3) is 0 Å². The van der Waals surface area contributed by atoms with E-state index in [-0.39, 0.29) is 36.6 Å². The summed E-state index contributed by atoms with van der Waals surface area (Å²) in [5.41, 5.74) is 8.07. The second-order valence-electron chi connectivity index (χ2n) is 7.27. The summed E-state index contributed by atoms with van der Waals surface area (Å²) in [5, 5.41) is 19.2. The Morgan fingerprint density at radius 1 is 0.839 bits per heavy atom. The number of phenolic OH excluding ortho intramolecular Hbond substituents is 1. The zero-order valence-electron chi connectivity index (χ0n) is 16.8. The van der Waals surface area contributed by atoms with E-state index in [1.54, 1.807) is 60.7 Å². The molecule has 0 aliphatic heterocycles. The van der Waals surface area contributed by atoms with Gasteiger partial charge in [-0.3, -0.25) is 14.4 Å². The number of aliphatic carboxylic acids is 1. The van der Waals surface area contributed by atoms with Crippen molar-refractivity contribution in [2.75, 3.05) is 0 Å². The lowest BCUT2D eigenvalue weighted by Crippen LogP contribution is -2.32. The third kappa shape index (κ3) is 5.43. The van der Waals surface area contributed by atoms with Gasteiger partial charge in [0.1, 0.15) is 11.8 Å². The highest BCUT2D eigenvalue weighted by Crippen LogP contribution is 2.23. The summed E-state index contributed by atoms with van der Waals surface area (Å²) < 4.78 is 0. The van der Waals surface area contributed by atoms with E-state index in [9.17, 15) is 19.5 Å². The summed E-state index contributed by atoms with van der Waals surface area (Å²) in [6, 6.07) is 19.1. The quantitative estimate of drug-likeness (QED) is 0.459. The summed E-state index contributed by atoms with van der Waals surface area (Å²) >= 11 is 0. The molecule has 0 radical (unpaired) electrons. The van der Waals surface area contributed by atoms with Crippen LogP contribution >= 0.6 is 0 Å². The maximum atomic E-state index is 12.8. The Morgan fingerprint density at radius 2 is 1.52 bits per heavy atom. The van der Waals surface area contributed by atoms with Crippen molar-refractivity contribution in [1.82, 2.24) is 0 Å². The number of benzene rings is 3. The van der Waals surface area contributed by atoms with Crippen molar-refractivity contribution in [2.45, 2.75) is 25.3 Å². The number of carbonyl (C=O) groups excluding carboxylic acids is 2. The van der Waals surface area contributed by atoms with Crippen LogP contribution < -0.4 is 5.73 Å². The fraction of sp³-hybridized carbons (Fsp3) is 0.160. The molecule has 3 aromatic rings. The number of carboxylic acids is 1. The van der Waals surface area contributed by atoms with E-state index >= 15 is 0 Å². The third-order valence-electron chi connectivity index (χ3n) is 5.07. The van der Waals surface area contributed by atoms with E-state index in [0.29, 0.717) is 27.8 Å². The third-order valence-corrected chi connectivity index (χ3v) is 5.07. The van der Waals surface area contributed by atoms with E-state index in [4.69, 9.17) is 10.8 Å². The average molecular weight is 417 g/mol. The molecule has 0 bridgehead atoms. The molecule has 6 heteroatoms. The Bertz CT molecular complexity index is 1110. The van der Waals surface area contributed by atoms with Crippen molar-refractivity contribution in [3.63, 3.8) is 0 Å². The molecule has 3 rings (SSSR count). The largest absolute Gasteiger partial charge is 0.508 e. The van der Waals surface area contributed by atoms with E-state index in [2.05, 4.69) is 0 Å². The first-order valence-corrected chi connectivity index (χ1v) is 9.88. The van der Waals surface area contributed by atoms with Gasteiger partial charge in [0.15, 0.2) is 11.6 Å².